The van der Waals surface area contributed by atoms with Crippen LogP contribution in [0.3, 0.4) is 0 Å². The molecule has 2 rings (SSSR count). The van der Waals surface area contributed by atoms with Crippen molar-refractivity contribution in [1.29, 1.82) is 0 Å². The van der Waals surface area contributed by atoms with Crippen LogP contribution in [-0.4, -0.2) is 34.2 Å². The topological polar surface area (TPSA) is 79.1 Å². The predicted octanol–water partition coefficient (Wildman–Crippen LogP) is 1.01. The van der Waals surface area contributed by atoms with E-state index in [1.807, 2.05) is 0 Å². The maximum absolute atomic E-state index is 10.9. The summed E-state index contributed by atoms with van der Waals surface area (Å²) in [5.74, 6) is -0.850. The van der Waals surface area contributed by atoms with Gasteiger partial charge in [0.1, 0.15) is 12.4 Å². The van der Waals surface area contributed by atoms with Crippen LogP contribution in [0.2, 0.25) is 0 Å². The molecule has 0 fully saturated rings. The molecular formula is C11H11NO4. The lowest BCUT2D eigenvalue weighted by atomic mass is 10.1. The lowest BCUT2D eigenvalue weighted by Gasteiger charge is -2.10. The number of nitrogens with zero attached hydrogens (tertiary/aromatic N) is 1. The summed E-state index contributed by atoms with van der Waals surface area (Å²) in [5.41, 5.74) is -0.857. The quantitative estimate of drug-likeness (QED) is 0.781. The molecule has 0 radical (unpaired) electrons. The fraction of sp³-hybridized carbons (Fsp3) is 0.273. The minimum absolute atomic E-state index is 0.0218. The number of carboxylic acids is 1. The van der Waals surface area contributed by atoms with E-state index in [9.17, 15) is 9.90 Å². The molecule has 1 aromatic rings. The van der Waals surface area contributed by atoms with Crippen LogP contribution in [0, 0.1) is 0 Å². The third kappa shape index (κ3) is 1.60. The molecule has 0 amide bonds. The standard InChI is InChI=1S/C11H11NO4/c1-11(10(14)15)6-16-9(12-11)7-4-2-3-5-8(7)13/h2-5,13H,6H2,1H3,(H,14,15). The number of benzene rings is 1. The van der Waals surface area contributed by atoms with Gasteiger partial charge in [-0.25, -0.2) is 9.79 Å². The number of hydrogen-bond acceptors (Lipinski definition) is 4. The number of phenolic OH excluding ortho intramolecular Hbond substituents is 1. The number of hydrogen-bond donors (Lipinski definition) is 2. The predicted molar refractivity (Wildman–Crippen MR) is 56.6 cm³/mol. The highest BCUT2D eigenvalue weighted by atomic mass is 16.5. The van der Waals surface area contributed by atoms with Crippen molar-refractivity contribution in [2.45, 2.75) is 12.5 Å². The summed E-state index contributed by atoms with van der Waals surface area (Å²) in [7, 11) is 0. The second-order valence-corrected chi connectivity index (χ2v) is 3.80. The summed E-state index contributed by atoms with van der Waals surface area (Å²) < 4.78 is 5.21. The third-order valence-corrected chi connectivity index (χ3v) is 2.43. The highest BCUT2D eigenvalue weighted by Gasteiger charge is 2.40. The molecule has 84 valence electrons. The van der Waals surface area contributed by atoms with Crippen LogP contribution in [0.5, 0.6) is 5.75 Å². The van der Waals surface area contributed by atoms with E-state index in [-0.39, 0.29) is 18.3 Å². The molecule has 1 unspecified atom stereocenters. The molecule has 1 heterocycles. The van der Waals surface area contributed by atoms with Gasteiger partial charge in [0.25, 0.3) is 0 Å². The monoisotopic (exact) mass is 221 g/mol. The van der Waals surface area contributed by atoms with Crippen molar-refractivity contribution in [2.24, 2.45) is 4.99 Å². The van der Waals surface area contributed by atoms with Gasteiger partial charge in [-0.15, -0.1) is 0 Å². The first kappa shape index (κ1) is 10.5. The average Bonchev–Trinajstić information content (AvgIpc) is 2.63. The van der Waals surface area contributed by atoms with E-state index in [1.165, 1.54) is 13.0 Å². The van der Waals surface area contributed by atoms with Crippen molar-refractivity contribution < 1.29 is 19.7 Å². The van der Waals surface area contributed by atoms with Crippen LogP contribution in [0.15, 0.2) is 29.3 Å². The van der Waals surface area contributed by atoms with Crippen molar-refractivity contribution in [2.75, 3.05) is 6.61 Å². The minimum atomic E-state index is -1.27. The summed E-state index contributed by atoms with van der Waals surface area (Å²) in [4.78, 5) is 14.9. The second-order valence-electron chi connectivity index (χ2n) is 3.80. The normalized spacial score (nSPS) is 23.7. The number of carboxylic acid groups (broad SMARTS) is 1. The fourth-order valence-corrected chi connectivity index (χ4v) is 1.40. The maximum Gasteiger partial charge on any atom is 0.335 e. The Morgan fingerprint density at radius 2 is 2.19 bits per heavy atom. The van der Waals surface area contributed by atoms with Crippen molar-refractivity contribution >= 4 is 11.9 Å². The molecule has 5 heteroatoms. The molecule has 1 aliphatic heterocycles. The van der Waals surface area contributed by atoms with E-state index in [2.05, 4.69) is 4.99 Å². The van der Waals surface area contributed by atoms with E-state index in [1.54, 1.807) is 18.2 Å². The lowest BCUT2D eigenvalue weighted by molar-refractivity contribution is -0.142. The van der Waals surface area contributed by atoms with Gasteiger partial charge in [0.2, 0.25) is 5.90 Å². The number of carbonyl (C=O) groups is 1. The van der Waals surface area contributed by atoms with E-state index < -0.39 is 11.5 Å². The molecule has 0 aliphatic carbocycles. The number of aromatic hydroxyl groups is 1. The zero-order valence-corrected chi connectivity index (χ0v) is 8.67. The van der Waals surface area contributed by atoms with Gasteiger partial charge in [0.05, 0.1) is 5.56 Å². The van der Waals surface area contributed by atoms with E-state index in [4.69, 9.17) is 9.84 Å². The molecule has 5 nitrogen and oxygen atoms in total. The molecule has 0 bridgehead atoms. The van der Waals surface area contributed by atoms with Gasteiger partial charge < -0.3 is 14.9 Å². The highest BCUT2D eigenvalue weighted by Crippen LogP contribution is 2.25. The Bertz CT molecular complexity index is 469. The molecule has 0 aromatic heterocycles. The number of rotatable bonds is 2. The van der Waals surface area contributed by atoms with Crippen LogP contribution < -0.4 is 0 Å². The average molecular weight is 221 g/mol. The maximum atomic E-state index is 10.9. The van der Waals surface area contributed by atoms with Crippen LogP contribution in [-0.2, 0) is 9.53 Å². The summed E-state index contributed by atoms with van der Waals surface area (Å²) in [6.45, 7) is 1.45. The smallest absolute Gasteiger partial charge is 0.335 e. The summed E-state index contributed by atoms with van der Waals surface area (Å²) >= 11 is 0. The zero-order valence-electron chi connectivity index (χ0n) is 8.67. The molecule has 1 aromatic carbocycles. The highest BCUT2D eigenvalue weighted by molar-refractivity contribution is 6.00. The van der Waals surface area contributed by atoms with Gasteiger partial charge >= 0.3 is 5.97 Å². The van der Waals surface area contributed by atoms with E-state index in [0.717, 1.165) is 0 Å². The number of aliphatic imine (C=N–C) groups is 1. The van der Waals surface area contributed by atoms with E-state index >= 15 is 0 Å². The Morgan fingerprint density at radius 3 is 2.75 bits per heavy atom. The van der Waals surface area contributed by atoms with Crippen LogP contribution >= 0.6 is 0 Å². The zero-order chi connectivity index (χ0) is 11.8. The SMILES string of the molecule is CC1(C(=O)O)COC(c2ccccc2O)=N1. The first-order valence-electron chi connectivity index (χ1n) is 4.77. The molecule has 2 N–H and O–H groups in total. The first-order valence-corrected chi connectivity index (χ1v) is 4.77. The van der Waals surface area contributed by atoms with Gasteiger partial charge in [-0.1, -0.05) is 12.1 Å². The third-order valence-electron chi connectivity index (χ3n) is 2.43. The largest absolute Gasteiger partial charge is 0.507 e. The number of aliphatic carboxylic acids is 1. The van der Waals surface area contributed by atoms with Gasteiger partial charge in [-0.05, 0) is 19.1 Å². The Morgan fingerprint density at radius 1 is 1.50 bits per heavy atom. The van der Waals surface area contributed by atoms with Crippen LogP contribution in [0.25, 0.3) is 0 Å². The molecule has 0 saturated carbocycles. The van der Waals surface area contributed by atoms with Gasteiger partial charge in [-0.2, -0.15) is 0 Å². The Labute approximate surface area is 92.0 Å². The summed E-state index contributed by atoms with van der Waals surface area (Å²) in [6, 6.07) is 6.52. The fourth-order valence-electron chi connectivity index (χ4n) is 1.40. The summed E-state index contributed by atoms with van der Waals surface area (Å²) in [6.07, 6.45) is 0. The molecule has 0 saturated heterocycles. The lowest BCUT2D eigenvalue weighted by Crippen LogP contribution is -2.34. The van der Waals surface area contributed by atoms with Crippen molar-refractivity contribution in [3.8, 4) is 5.75 Å². The first-order chi connectivity index (χ1) is 7.53. The Balaban J connectivity index is 2.39. The molecule has 0 spiro atoms. The number of ether oxygens (including phenoxy) is 1. The van der Waals surface area contributed by atoms with Crippen LogP contribution in [0.1, 0.15) is 12.5 Å². The van der Waals surface area contributed by atoms with Crippen LogP contribution in [0.4, 0.5) is 0 Å². The Hall–Kier alpha value is -2.04. The summed E-state index contributed by atoms with van der Waals surface area (Å²) in [5, 5.41) is 18.5. The van der Waals surface area contributed by atoms with E-state index in [0.29, 0.717) is 5.56 Å². The van der Waals surface area contributed by atoms with Gasteiger partial charge in [-0.3, -0.25) is 0 Å². The van der Waals surface area contributed by atoms with Crippen molar-refractivity contribution in [3.05, 3.63) is 29.8 Å². The minimum Gasteiger partial charge on any atom is -0.507 e. The molecule has 1 atom stereocenters. The van der Waals surface area contributed by atoms with Crippen molar-refractivity contribution in [3.63, 3.8) is 0 Å². The van der Waals surface area contributed by atoms with Crippen molar-refractivity contribution in [1.82, 2.24) is 0 Å². The number of phenols is 1. The Kier molecular flexibility index (Phi) is 2.30. The second kappa shape index (κ2) is 3.52. The number of para-hydroxylation sites is 1. The van der Waals surface area contributed by atoms with Gasteiger partial charge in [0.15, 0.2) is 5.54 Å². The molecular weight excluding hydrogens is 210 g/mol. The van der Waals surface area contributed by atoms with Gasteiger partial charge in [0, 0.05) is 0 Å². The molecule has 1 aliphatic rings. The molecule has 16 heavy (non-hydrogen) atoms.